The number of para-hydroxylation sites is 2. The number of benzene rings is 2. The van der Waals surface area contributed by atoms with E-state index in [1.807, 2.05) is 55.5 Å². The van der Waals surface area contributed by atoms with Crippen molar-refractivity contribution in [3.05, 3.63) is 54.2 Å². The molecule has 0 aliphatic rings. The maximum Gasteiger partial charge on any atom is 0.169 e. The molecule has 0 fully saturated rings. The van der Waals surface area contributed by atoms with E-state index < -0.39 is 0 Å². The lowest BCUT2D eigenvalue weighted by molar-refractivity contribution is 0.380. The minimum absolute atomic E-state index is 0.661. The summed E-state index contributed by atoms with van der Waals surface area (Å²) in [6, 6.07) is 15.0. The number of nitrogens with zero attached hydrogens (tertiary/aromatic N) is 1. The van der Waals surface area contributed by atoms with Crippen LogP contribution in [-0.4, -0.2) is 12.1 Å². The predicted octanol–water partition coefficient (Wildman–Crippen LogP) is 3.93. The molecular weight excluding hydrogens is 264 g/mol. The Morgan fingerprint density at radius 1 is 0.952 bits per heavy atom. The van der Waals surface area contributed by atoms with Gasteiger partial charge in [-0.3, -0.25) is 4.98 Å². The van der Waals surface area contributed by atoms with Crippen LogP contribution in [0.15, 0.2) is 48.5 Å². The van der Waals surface area contributed by atoms with Gasteiger partial charge in [0.25, 0.3) is 0 Å². The summed E-state index contributed by atoms with van der Waals surface area (Å²) >= 11 is 0. The van der Waals surface area contributed by atoms with Gasteiger partial charge in [-0.15, -0.1) is 0 Å². The fourth-order valence-corrected chi connectivity index (χ4v) is 2.24. The van der Waals surface area contributed by atoms with Crippen molar-refractivity contribution < 1.29 is 9.47 Å². The molecule has 3 aromatic rings. The number of aryl methyl sites for hydroxylation is 1. The number of hydrogen-bond donors (Lipinski definition) is 1. The van der Waals surface area contributed by atoms with E-state index in [0.717, 1.165) is 16.6 Å². The molecule has 3 rings (SSSR count). The molecule has 0 aliphatic heterocycles. The van der Waals surface area contributed by atoms with Gasteiger partial charge in [0.1, 0.15) is 5.75 Å². The summed E-state index contributed by atoms with van der Waals surface area (Å²) in [5.41, 5.74) is 8.29. The fraction of sp³-hybridized carbons (Fsp3) is 0.118. The molecule has 0 aliphatic carbocycles. The zero-order valence-corrected chi connectivity index (χ0v) is 12.0. The second-order valence-electron chi connectivity index (χ2n) is 4.79. The molecule has 0 unspecified atom stereocenters. The molecule has 21 heavy (non-hydrogen) atoms. The third kappa shape index (κ3) is 2.60. The van der Waals surface area contributed by atoms with Gasteiger partial charge in [-0.1, -0.05) is 12.1 Å². The van der Waals surface area contributed by atoms with Gasteiger partial charge in [0.15, 0.2) is 11.5 Å². The van der Waals surface area contributed by atoms with Crippen molar-refractivity contribution in [3.8, 4) is 17.2 Å². The molecule has 0 saturated heterocycles. The molecule has 0 bridgehead atoms. The van der Waals surface area contributed by atoms with Gasteiger partial charge in [-0.05, 0) is 37.3 Å². The molecule has 0 amide bonds. The molecule has 2 aromatic carbocycles. The van der Waals surface area contributed by atoms with Gasteiger partial charge >= 0.3 is 0 Å². The minimum Gasteiger partial charge on any atom is -0.493 e. The van der Waals surface area contributed by atoms with E-state index in [1.165, 1.54) is 0 Å². The van der Waals surface area contributed by atoms with Crippen molar-refractivity contribution >= 4 is 16.6 Å². The number of nitrogen functional groups attached to an aromatic ring is 1. The first-order valence-corrected chi connectivity index (χ1v) is 6.65. The summed E-state index contributed by atoms with van der Waals surface area (Å²) in [4.78, 5) is 4.49. The maximum absolute atomic E-state index is 6.03. The molecule has 0 saturated carbocycles. The van der Waals surface area contributed by atoms with E-state index in [4.69, 9.17) is 15.2 Å². The standard InChI is InChI=1S/C17H16N2O2/c1-11-9-17(13-10-12(18)7-8-14(13)19-11)21-16-6-4-3-5-15(16)20-2/h3-10H,18H2,1-2H3. The van der Waals surface area contributed by atoms with Crippen LogP contribution in [0.4, 0.5) is 5.69 Å². The average Bonchev–Trinajstić information content (AvgIpc) is 2.48. The zero-order valence-electron chi connectivity index (χ0n) is 12.0. The molecular formula is C17H16N2O2. The number of ether oxygens (including phenoxy) is 2. The lowest BCUT2D eigenvalue weighted by Crippen LogP contribution is -1.94. The van der Waals surface area contributed by atoms with Crippen LogP contribution in [0.3, 0.4) is 0 Å². The lowest BCUT2D eigenvalue weighted by atomic mass is 10.1. The van der Waals surface area contributed by atoms with Gasteiger partial charge in [0.2, 0.25) is 0 Å². The lowest BCUT2D eigenvalue weighted by Gasteiger charge is -2.13. The van der Waals surface area contributed by atoms with E-state index in [2.05, 4.69) is 4.98 Å². The van der Waals surface area contributed by atoms with E-state index in [-0.39, 0.29) is 0 Å². The third-order valence-electron chi connectivity index (χ3n) is 3.21. The number of rotatable bonds is 3. The summed E-state index contributed by atoms with van der Waals surface area (Å²) in [5, 5.41) is 0.881. The number of fused-ring (bicyclic) bond motifs is 1. The Morgan fingerprint density at radius 3 is 2.48 bits per heavy atom. The smallest absolute Gasteiger partial charge is 0.169 e. The van der Waals surface area contributed by atoms with Crippen LogP contribution < -0.4 is 15.2 Å². The van der Waals surface area contributed by atoms with E-state index in [9.17, 15) is 0 Å². The average molecular weight is 280 g/mol. The highest BCUT2D eigenvalue weighted by Crippen LogP contribution is 2.35. The Hall–Kier alpha value is -2.75. The van der Waals surface area contributed by atoms with Crippen LogP contribution in [0.1, 0.15) is 5.69 Å². The largest absolute Gasteiger partial charge is 0.493 e. The predicted molar refractivity (Wildman–Crippen MR) is 84.0 cm³/mol. The van der Waals surface area contributed by atoms with Gasteiger partial charge in [-0.2, -0.15) is 0 Å². The van der Waals surface area contributed by atoms with Crippen LogP contribution in [0.2, 0.25) is 0 Å². The van der Waals surface area contributed by atoms with Crippen LogP contribution in [0, 0.1) is 6.92 Å². The topological polar surface area (TPSA) is 57.4 Å². The third-order valence-corrected chi connectivity index (χ3v) is 3.21. The summed E-state index contributed by atoms with van der Waals surface area (Å²) in [6.07, 6.45) is 0. The Morgan fingerprint density at radius 2 is 1.71 bits per heavy atom. The van der Waals surface area contributed by atoms with Gasteiger partial charge in [-0.25, -0.2) is 0 Å². The van der Waals surface area contributed by atoms with Gasteiger partial charge in [0.05, 0.1) is 12.6 Å². The number of hydrogen-bond acceptors (Lipinski definition) is 4. The number of anilines is 1. The Kier molecular flexibility index (Phi) is 3.36. The number of aromatic nitrogens is 1. The highest BCUT2D eigenvalue weighted by Gasteiger charge is 2.10. The van der Waals surface area contributed by atoms with Crippen molar-refractivity contribution in [2.45, 2.75) is 6.92 Å². The molecule has 4 heteroatoms. The Labute approximate surface area is 123 Å². The van der Waals surface area contributed by atoms with E-state index in [1.54, 1.807) is 7.11 Å². The summed E-state index contributed by atoms with van der Waals surface area (Å²) in [7, 11) is 1.62. The summed E-state index contributed by atoms with van der Waals surface area (Å²) in [6.45, 7) is 1.94. The molecule has 1 aromatic heterocycles. The first-order chi connectivity index (χ1) is 10.2. The van der Waals surface area contributed by atoms with Crippen molar-refractivity contribution in [2.75, 3.05) is 12.8 Å². The molecule has 106 valence electrons. The normalized spacial score (nSPS) is 10.6. The zero-order chi connectivity index (χ0) is 14.8. The highest BCUT2D eigenvalue weighted by molar-refractivity contribution is 5.88. The fourth-order valence-electron chi connectivity index (χ4n) is 2.24. The molecule has 0 radical (unpaired) electrons. The number of methoxy groups -OCH3 is 1. The summed E-state index contributed by atoms with van der Waals surface area (Å²) < 4.78 is 11.3. The highest BCUT2D eigenvalue weighted by atomic mass is 16.5. The molecule has 0 atom stereocenters. The second kappa shape index (κ2) is 5.32. The van der Waals surface area contributed by atoms with Crippen LogP contribution >= 0.6 is 0 Å². The van der Waals surface area contributed by atoms with Crippen molar-refractivity contribution in [3.63, 3.8) is 0 Å². The monoisotopic (exact) mass is 280 g/mol. The van der Waals surface area contributed by atoms with Crippen LogP contribution in [-0.2, 0) is 0 Å². The maximum atomic E-state index is 6.03. The van der Waals surface area contributed by atoms with Gasteiger partial charge < -0.3 is 15.2 Å². The number of nitrogens with two attached hydrogens (primary N) is 1. The van der Waals surface area contributed by atoms with Gasteiger partial charge in [0, 0.05) is 22.8 Å². The van der Waals surface area contributed by atoms with E-state index >= 15 is 0 Å². The molecule has 0 spiro atoms. The second-order valence-corrected chi connectivity index (χ2v) is 4.79. The van der Waals surface area contributed by atoms with Crippen LogP contribution in [0.25, 0.3) is 10.9 Å². The quantitative estimate of drug-likeness (QED) is 0.739. The summed E-state index contributed by atoms with van der Waals surface area (Å²) in [5.74, 6) is 2.06. The SMILES string of the molecule is COc1ccccc1Oc1cc(C)nc2ccc(N)cc12. The minimum atomic E-state index is 0.661. The first kappa shape index (κ1) is 13.2. The van der Waals surface area contributed by atoms with Crippen molar-refractivity contribution in [1.82, 2.24) is 4.98 Å². The van der Waals surface area contributed by atoms with Crippen molar-refractivity contribution in [1.29, 1.82) is 0 Å². The molecule has 4 nitrogen and oxygen atoms in total. The van der Waals surface area contributed by atoms with E-state index in [0.29, 0.717) is 22.9 Å². The molecule has 1 heterocycles. The Balaban J connectivity index is 2.13. The Bertz CT molecular complexity index is 800. The first-order valence-electron chi connectivity index (χ1n) is 6.65. The molecule has 2 N–H and O–H groups in total. The number of pyridine rings is 1. The van der Waals surface area contributed by atoms with Crippen LogP contribution in [0.5, 0.6) is 17.2 Å². The van der Waals surface area contributed by atoms with Crippen molar-refractivity contribution in [2.24, 2.45) is 0 Å².